The molecule has 100 valence electrons. The smallest absolute Gasteiger partial charge is 0.152 e. The van der Waals surface area contributed by atoms with Gasteiger partial charge in [-0.05, 0) is 42.7 Å². The van der Waals surface area contributed by atoms with E-state index < -0.39 is 9.84 Å². The highest BCUT2D eigenvalue weighted by Gasteiger charge is 2.22. The van der Waals surface area contributed by atoms with E-state index in [1.165, 1.54) is 16.7 Å². The first-order chi connectivity index (χ1) is 8.37. The van der Waals surface area contributed by atoms with Crippen LogP contribution in [-0.4, -0.2) is 37.9 Å². The molecular weight excluding hydrogens is 270 g/mol. The molecule has 1 saturated heterocycles. The second-order valence-corrected chi connectivity index (χ2v) is 7.69. The van der Waals surface area contributed by atoms with Crippen LogP contribution in [0, 0.1) is 13.8 Å². The second-order valence-electron chi connectivity index (χ2n) is 4.95. The van der Waals surface area contributed by atoms with Crippen molar-refractivity contribution in [3.05, 3.63) is 33.8 Å². The summed E-state index contributed by atoms with van der Waals surface area (Å²) in [5.74, 6) is 0.553. The number of rotatable bonds is 2. The molecule has 1 heterocycles. The molecule has 2 rings (SSSR count). The Morgan fingerprint density at radius 2 is 1.67 bits per heavy atom. The Kier molecular flexibility index (Phi) is 3.99. The van der Waals surface area contributed by atoms with Gasteiger partial charge in [-0.25, -0.2) is 8.42 Å². The minimum atomic E-state index is -2.80. The van der Waals surface area contributed by atoms with Crippen LogP contribution in [0.5, 0.6) is 0 Å². The van der Waals surface area contributed by atoms with Gasteiger partial charge in [0.15, 0.2) is 9.84 Å². The summed E-state index contributed by atoms with van der Waals surface area (Å²) in [6.07, 6.45) is 0. The quantitative estimate of drug-likeness (QED) is 0.837. The lowest BCUT2D eigenvalue weighted by Crippen LogP contribution is -2.39. The summed E-state index contributed by atoms with van der Waals surface area (Å²) < 4.78 is 22.8. The van der Waals surface area contributed by atoms with Crippen molar-refractivity contribution in [2.24, 2.45) is 0 Å². The van der Waals surface area contributed by atoms with Crippen LogP contribution in [0.1, 0.15) is 16.7 Å². The fraction of sp³-hybridized carbons (Fsp3) is 0.538. The summed E-state index contributed by atoms with van der Waals surface area (Å²) in [7, 11) is -2.80. The summed E-state index contributed by atoms with van der Waals surface area (Å²) in [5, 5.41) is 0.759. The van der Waals surface area contributed by atoms with Crippen LogP contribution in [0.25, 0.3) is 0 Å². The Balaban J connectivity index is 2.11. The molecule has 0 unspecified atom stereocenters. The Bertz CT molecular complexity index is 517. The Labute approximate surface area is 114 Å². The highest BCUT2D eigenvalue weighted by Crippen LogP contribution is 2.22. The predicted octanol–water partition coefficient (Wildman–Crippen LogP) is 2.19. The van der Waals surface area contributed by atoms with Gasteiger partial charge in [0.2, 0.25) is 0 Å². The number of aryl methyl sites for hydroxylation is 2. The van der Waals surface area contributed by atoms with E-state index in [1.54, 1.807) is 0 Å². The third kappa shape index (κ3) is 3.25. The average molecular weight is 288 g/mol. The molecule has 3 nitrogen and oxygen atoms in total. The third-order valence-corrected chi connectivity index (χ3v) is 5.31. The molecular formula is C13H18ClNO2S. The molecule has 0 aromatic heterocycles. The predicted molar refractivity (Wildman–Crippen MR) is 74.9 cm³/mol. The van der Waals surface area contributed by atoms with Gasteiger partial charge in [0.25, 0.3) is 0 Å². The first-order valence-corrected chi connectivity index (χ1v) is 8.26. The van der Waals surface area contributed by atoms with E-state index in [-0.39, 0.29) is 11.5 Å². The van der Waals surface area contributed by atoms with E-state index in [1.807, 2.05) is 12.1 Å². The van der Waals surface area contributed by atoms with Gasteiger partial charge in [-0.1, -0.05) is 11.6 Å². The van der Waals surface area contributed by atoms with Crippen LogP contribution >= 0.6 is 11.6 Å². The van der Waals surface area contributed by atoms with Crippen molar-refractivity contribution in [2.75, 3.05) is 24.6 Å². The zero-order chi connectivity index (χ0) is 13.3. The van der Waals surface area contributed by atoms with Crippen molar-refractivity contribution in [3.63, 3.8) is 0 Å². The van der Waals surface area contributed by atoms with Gasteiger partial charge in [-0.15, -0.1) is 0 Å². The number of benzene rings is 1. The number of hydrogen-bond acceptors (Lipinski definition) is 3. The third-order valence-electron chi connectivity index (χ3n) is 3.48. The maximum absolute atomic E-state index is 11.4. The van der Waals surface area contributed by atoms with Crippen LogP contribution in [-0.2, 0) is 16.4 Å². The summed E-state index contributed by atoms with van der Waals surface area (Å²) in [6.45, 7) is 6.17. The van der Waals surface area contributed by atoms with Crippen molar-refractivity contribution in [3.8, 4) is 0 Å². The Morgan fingerprint density at radius 1 is 1.17 bits per heavy atom. The van der Waals surface area contributed by atoms with E-state index in [9.17, 15) is 8.42 Å². The first-order valence-electron chi connectivity index (χ1n) is 6.06. The summed E-state index contributed by atoms with van der Waals surface area (Å²) in [6, 6.07) is 3.93. The molecule has 0 radical (unpaired) electrons. The van der Waals surface area contributed by atoms with Crippen LogP contribution in [0.15, 0.2) is 12.1 Å². The van der Waals surface area contributed by atoms with Crippen LogP contribution in [0.3, 0.4) is 0 Å². The molecule has 1 aromatic rings. The molecule has 0 N–H and O–H groups in total. The molecule has 1 aliphatic rings. The summed E-state index contributed by atoms with van der Waals surface area (Å²) >= 11 is 6.01. The average Bonchev–Trinajstić information content (AvgIpc) is 2.25. The molecule has 1 aliphatic heterocycles. The molecule has 5 heteroatoms. The standard InChI is InChI=1S/C13H18ClNO2S/c1-10-7-12(14)8-11(2)13(10)9-15-3-5-18(16,17)6-4-15/h7-8H,3-6,9H2,1-2H3. The summed E-state index contributed by atoms with van der Waals surface area (Å²) in [4.78, 5) is 2.20. The first kappa shape index (κ1) is 13.8. The van der Waals surface area contributed by atoms with E-state index in [4.69, 9.17) is 11.6 Å². The minimum absolute atomic E-state index is 0.276. The van der Waals surface area contributed by atoms with Crippen LogP contribution in [0.2, 0.25) is 5.02 Å². The monoisotopic (exact) mass is 287 g/mol. The van der Waals surface area contributed by atoms with Crippen molar-refractivity contribution in [1.29, 1.82) is 0 Å². The van der Waals surface area contributed by atoms with Crippen molar-refractivity contribution in [2.45, 2.75) is 20.4 Å². The SMILES string of the molecule is Cc1cc(Cl)cc(C)c1CN1CCS(=O)(=O)CC1. The molecule has 0 aliphatic carbocycles. The largest absolute Gasteiger partial charge is 0.297 e. The molecule has 18 heavy (non-hydrogen) atoms. The lowest BCUT2D eigenvalue weighted by molar-refractivity contribution is 0.286. The number of halogens is 1. The minimum Gasteiger partial charge on any atom is -0.297 e. The lowest BCUT2D eigenvalue weighted by atomic mass is 10.0. The van der Waals surface area contributed by atoms with Gasteiger partial charge < -0.3 is 0 Å². The van der Waals surface area contributed by atoms with Crippen LogP contribution in [0.4, 0.5) is 0 Å². The molecule has 0 spiro atoms. The molecule has 0 atom stereocenters. The molecule has 1 fully saturated rings. The van der Waals surface area contributed by atoms with Gasteiger partial charge in [-0.3, -0.25) is 4.90 Å². The number of hydrogen-bond donors (Lipinski definition) is 0. The lowest BCUT2D eigenvalue weighted by Gasteiger charge is -2.27. The van der Waals surface area contributed by atoms with Gasteiger partial charge >= 0.3 is 0 Å². The normalized spacial score (nSPS) is 19.9. The zero-order valence-corrected chi connectivity index (χ0v) is 12.3. The highest BCUT2D eigenvalue weighted by molar-refractivity contribution is 7.91. The van der Waals surface area contributed by atoms with Crippen LogP contribution < -0.4 is 0 Å². The van der Waals surface area contributed by atoms with Gasteiger partial charge in [0, 0.05) is 24.7 Å². The summed E-state index contributed by atoms with van der Waals surface area (Å²) in [5.41, 5.74) is 3.61. The molecule has 0 saturated carbocycles. The second kappa shape index (κ2) is 5.19. The van der Waals surface area contributed by atoms with Crippen molar-refractivity contribution < 1.29 is 8.42 Å². The number of sulfone groups is 1. The van der Waals surface area contributed by atoms with E-state index >= 15 is 0 Å². The van der Waals surface area contributed by atoms with E-state index in [0.717, 1.165) is 11.6 Å². The molecule has 0 amide bonds. The Hall–Kier alpha value is -0.580. The fourth-order valence-corrected chi connectivity index (χ4v) is 3.93. The molecule has 0 bridgehead atoms. The van der Waals surface area contributed by atoms with Gasteiger partial charge in [0.05, 0.1) is 11.5 Å². The van der Waals surface area contributed by atoms with Gasteiger partial charge in [-0.2, -0.15) is 0 Å². The highest BCUT2D eigenvalue weighted by atomic mass is 35.5. The van der Waals surface area contributed by atoms with Gasteiger partial charge in [0.1, 0.15) is 0 Å². The maximum Gasteiger partial charge on any atom is 0.152 e. The zero-order valence-electron chi connectivity index (χ0n) is 10.7. The van der Waals surface area contributed by atoms with E-state index in [0.29, 0.717) is 13.1 Å². The van der Waals surface area contributed by atoms with Crippen molar-refractivity contribution >= 4 is 21.4 Å². The van der Waals surface area contributed by atoms with E-state index in [2.05, 4.69) is 18.7 Å². The Morgan fingerprint density at radius 3 is 2.17 bits per heavy atom. The topological polar surface area (TPSA) is 37.4 Å². The fourth-order valence-electron chi connectivity index (χ4n) is 2.32. The maximum atomic E-state index is 11.4. The van der Waals surface area contributed by atoms with Crippen molar-refractivity contribution in [1.82, 2.24) is 4.90 Å². The molecule has 1 aromatic carbocycles. The number of nitrogens with zero attached hydrogens (tertiary/aromatic N) is 1.